The Kier molecular flexibility index (Phi) is 5.70. The third-order valence-corrected chi connectivity index (χ3v) is 6.51. The fourth-order valence-electron chi connectivity index (χ4n) is 3.49. The summed E-state index contributed by atoms with van der Waals surface area (Å²) in [5, 5.41) is 4.29. The fraction of sp³-hybridized carbons (Fsp3) is 0.227. The van der Waals surface area contributed by atoms with Crippen LogP contribution >= 0.6 is 0 Å². The number of nitrogens with one attached hydrogen (secondary N) is 1. The number of nitrogens with zero attached hydrogens (tertiary/aromatic N) is 5. The van der Waals surface area contributed by atoms with E-state index >= 15 is 0 Å². The van der Waals surface area contributed by atoms with Gasteiger partial charge in [0.15, 0.2) is 0 Å². The van der Waals surface area contributed by atoms with Crippen LogP contribution in [-0.2, 0) is 16.6 Å². The first-order valence-corrected chi connectivity index (χ1v) is 11.6. The highest BCUT2D eigenvalue weighted by molar-refractivity contribution is 7.92. The second-order valence-corrected chi connectivity index (χ2v) is 8.87. The van der Waals surface area contributed by atoms with Gasteiger partial charge in [0, 0.05) is 30.7 Å². The molecule has 4 aromatic rings. The van der Waals surface area contributed by atoms with Crippen LogP contribution in [0.3, 0.4) is 0 Å². The highest BCUT2D eigenvalue weighted by Gasteiger charge is 2.24. The number of sulfonamides is 1. The summed E-state index contributed by atoms with van der Waals surface area (Å²) in [6.07, 6.45) is 3.78. The fourth-order valence-corrected chi connectivity index (χ4v) is 4.96. The summed E-state index contributed by atoms with van der Waals surface area (Å²) in [4.78, 5) is 8.94. The van der Waals surface area contributed by atoms with E-state index in [2.05, 4.69) is 19.8 Å². The molecule has 0 radical (unpaired) electrons. The van der Waals surface area contributed by atoms with Crippen LogP contribution in [-0.4, -0.2) is 32.7 Å². The first kappa shape index (κ1) is 21.6. The van der Waals surface area contributed by atoms with Gasteiger partial charge in [-0.1, -0.05) is 0 Å². The molecule has 10 heteroatoms. The van der Waals surface area contributed by atoms with E-state index in [1.165, 1.54) is 0 Å². The van der Waals surface area contributed by atoms with Gasteiger partial charge in [0.25, 0.3) is 10.0 Å². The molecule has 0 aliphatic rings. The van der Waals surface area contributed by atoms with Crippen LogP contribution in [0.1, 0.15) is 24.1 Å². The number of ether oxygens (including phenoxy) is 1. The van der Waals surface area contributed by atoms with Crippen LogP contribution in [0.2, 0.25) is 0 Å². The van der Waals surface area contributed by atoms with Crippen molar-refractivity contribution in [2.75, 3.05) is 4.72 Å². The van der Waals surface area contributed by atoms with Crippen molar-refractivity contribution in [2.24, 2.45) is 0 Å². The van der Waals surface area contributed by atoms with Crippen molar-refractivity contribution in [2.45, 2.75) is 39.1 Å². The lowest BCUT2D eigenvalue weighted by atomic mass is 10.3. The standard InChI is InChI=1S/C22H24N6O3S/c1-5-28-16(3)22(15(2)25-28)32(29,30)26-18-8-10-19(11-9-18)31-21-14-20(23-17(4)24-21)27-12-6-7-13-27/h6-14,26H,5H2,1-4H3. The van der Waals surface area contributed by atoms with Crippen molar-refractivity contribution in [3.63, 3.8) is 0 Å². The van der Waals surface area contributed by atoms with Gasteiger partial charge in [0.05, 0.1) is 11.4 Å². The number of aromatic nitrogens is 5. The Bertz CT molecular complexity index is 1340. The number of anilines is 1. The van der Waals surface area contributed by atoms with E-state index in [1.54, 1.807) is 55.8 Å². The highest BCUT2D eigenvalue weighted by atomic mass is 32.2. The van der Waals surface area contributed by atoms with Gasteiger partial charge in [-0.2, -0.15) is 10.1 Å². The van der Waals surface area contributed by atoms with Gasteiger partial charge in [-0.15, -0.1) is 0 Å². The Morgan fingerprint density at radius 3 is 2.34 bits per heavy atom. The number of benzene rings is 1. The lowest BCUT2D eigenvalue weighted by Crippen LogP contribution is -2.15. The summed E-state index contributed by atoms with van der Waals surface area (Å²) < 4.78 is 37.9. The molecule has 0 saturated carbocycles. The lowest BCUT2D eigenvalue weighted by Gasteiger charge is -2.11. The van der Waals surface area contributed by atoms with Crippen LogP contribution < -0.4 is 9.46 Å². The predicted molar refractivity (Wildman–Crippen MR) is 121 cm³/mol. The number of hydrogen-bond donors (Lipinski definition) is 1. The van der Waals surface area contributed by atoms with E-state index in [4.69, 9.17) is 4.74 Å². The quantitative estimate of drug-likeness (QED) is 0.454. The Hall–Kier alpha value is -3.66. The summed E-state index contributed by atoms with van der Waals surface area (Å²) >= 11 is 0. The second-order valence-electron chi connectivity index (χ2n) is 7.25. The molecular formula is C22H24N6O3S. The molecule has 0 saturated heterocycles. The zero-order chi connectivity index (χ0) is 22.9. The molecule has 1 N–H and O–H groups in total. The highest BCUT2D eigenvalue weighted by Crippen LogP contribution is 2.26. The zero-order valence-corrected chi connectivity index (χ0v) is 19.1. The zero-order valence-electron chi connectivity index (χ0n) is 18.3. The van der Waals surface area contributed by atoms with Gasteiger partial charge in [0.2, 0.25) is 5.88 Å². The molecule has 0 aliphatic carbocycles. The van der Waals surface area contributed by atoms with Gasteiger partial charge in [0.1, 0.15) is 22.3 Å². The monoisotopic (exact) mass is 452 g/mol. The molecule has 3 aromatic heterocycles. The second kappa shape index (κ2) is 8.46. The van der Waals surface area contributed by atoms with Crippen molar-refractivity contribution in [1.82, 2.24) is 24.3 Å². The Morgan fingerprint density at radius 1 is 1.03 bits per heavy atom. The number of rotatable bonds is 7. The first-order chi connectivity index (χ1) is 15.3. The summed E-state index contributed by atoms with van der Waals surface area (Å²) in [7, 11) is -3.77. The largest absolute Gasteiger partial charge is 0.439 e. The van der Waals surface area contributed by atoms with Gasteiger partial charge in [-0.25, -0.2) is 13.4 Å². The van der Waals surface area contributed by atoms with E-state index in [0.29, 0.717) is 46.9 Å². The normalized spacial score (nSPS) is 11.5. The van der Waals surface area contributed by atoms with Crippen molar-refractivity contribution in [1.29, 1.82) is 0 Å². The maximum atomic E-state index is 12.9. The minimum absolute atomic E-state index is 0.202. The number of hydrogen-bond acceptors (Lipinski definition) is 6. The maximum absolute atomic E-state index is 12.9. The SMILES string of the molecule is CCn1nc(C)c(S(=O)(=O)Nc2ccc(Oc3cc(-n4cccc4)nc(C)n3)cc2)c1C. The van der Waals surface area contributed by atoms with E-state index in [-0.39, 0.29) is 4.90 Å². The van der Waals surface area contributed by atoms with Crippen LogP contribution in [0, 0.1) is 20.8 Å². The molecule has 32 heavy (non-hydrogen) atoms. The molecule has 4 rings (SSSR count). The number of aryl methyl sites for hydroxylation is 3. The average Bonchev–Trinajstić information content (AvgIpc) is 3.37. The summed E-state index contributed by atoms with van der Waals surface area (Å²) in [6, 6.07) is 12.2. The van der Waals surface area contributed by atoms with E-state index in [9.17, 15) is 8.42 Å². The van der Waals surface area contributed by atoms with Gasteiger partial charge in [-0.3, -0.25) is 9.40 Å². The van der Waals surface area contributed by atoms with Crippen LogP contribution in [0.4, 0.5) is 5.69 Å². The topological polar surface area (TPSA) is 104 Å². The van der Waals surface area contributed by atoms with E-state index in [0.717, 1.165) is 0 Å². The van der Waals surface area contributed by atoms with E-state index in [1.807, 2.05) is 36.0 Å². The third kappa shape index (κ3) is 4.35. The summed E-state index contributed by atoms with van der Waals surface area (Å²) in [6.45, 7) is 7.75. The Labute approximate surface area is 186 Å². The molecule has 0 aliphatic heterocycles. The maximum Gasteiger partial charge on any atom is 0.265 e. The molecule has 0 spiro atoms. The molecule has 166 valence electrons. The van der Waals surface area contributed by atoms with Crippen molar-refractivity contribution < 1.29 is 13.2 Å². The van der Waals surface area contributed by atoms with Crippen LogP contribution in [0.5, 0.6) is 11.6 Å². The molecule has 9 nitrogen and oxygen atoms in total. The van der Waals surface area contributed by atoms with Crippen molar-refractivity contribution in [3.8, 4) is 17.4 Å². The smallest absolute Gasteiger partial charge is 0.265 e. The van der Waals surface area contributed by atoms with Gasteiger partial charge >= 0.3 is 0 Å². The van der Waals surface area contributed by atoms with Crippen LogP contribution in [0.15, 0.2) is 59.8 Å². The van der Waals surface area contributed by atoms with Crippen LogP contribution in [0.25, 0.3) is 5.82 Å². The molecular weight excluding hydrogens is 428 g/mol. The molecule has 1 aromatic carbocycles. The first-order valence-electron chi connectivity index (χ1n) is 10.1. The Balaban J connectivity index is 1.53. The molecule has 0 unspecified atom stereocenters. The lowest BCUT2D eigenvalue weighted by molar-refractivity contribution is 0.459. The molecule has 0 bridgehead atoms. The van der Waals surface area contributed by atoms with Crippen molar-refractivity contribution in [3.05, 3.63) is 72.1 Å². The van der Waals surface area contributed by atoms with Gasteiger partial charge < -0.3 is 9.30 Å². The molecule has 0 amide bonds. The molecule has 0 atom stereocenters. The van der Waals surface area contributed by atoms with E-state index < -0.39 is 10.0 Å². The predicted octanol–water partition coefficient (Wildman–Crippen LogP) is 4.00. The molecule has 3 heterocycles. The minimum Gasteiger partial charge on any atom is -0.439 e. The van der Waals surface area contributed by atoms with Crippen molar-refractivity contribution >= 4 is 15.7 Å². The Morgan fingerprint density at radius 2 is 1.72 bits per heavy atom. The van der Waals surface area contributed by atoms with Gasteiger partial charge in [-0.05, 0) is 64.1 Å². The summed E-state index contributed by atoms with van der Waals surface area (Å²) in [5.41, 5.74) is 1.50. The third-order valence-electron chi connectivity index (χ3n) is 4.88. The summed E-state index contributed by atoms with van der Waals surface area (Å²) in [5.74, 6) is 2.19. The minimum atomic E-state index is -3.77. The average molecular weight is 453 g/mol. The molecule has 0 fully saturated rings.